The Kier molecular flexibility index (Phi) is 7.95. The number of esters is 1. The molecule has 1 heterocycles. The number of rotatable bonds is 8. The smallest absolute Gasteiger partial charge is 0.307 e. The molecule has 164 valence electrons. The van der Waals surface area contributed by atoms with Crippen molar-refractivity contribution in [3.63, 3.8) is 0 Å². The van der Waals surface area contributed by atoms with Crippen LogP contribution in [0, 0.1) is 6.92 Å². The van der Waals surface area contributed by atoms with Gasteiger partial charge in [0, 0.05) is 44.7 Å². The van der Waals surface area contributed by atoms with Crippen LogP contribution in [0.1, 0.15) is 41.3 Å². The van der Waals surface area contributed by atoms with Crippen LogP contribution in [0.15, 0.2) is 54.6 Å². The number of Topliss-reactive ketones (excluding diaryl/α,β-unsaturated/α-hetero) is 1. The Morgan fingerprint density at radius 3 is 2.19 bits per heavy atom. The summed E-state index contributed by atoms with van der Waals surface area (Å²) in [7, 11) is 0. The fraction of sp³-hybridized carbons (Fsp3) is 0.400. The van der Waals surface area contributed by atoms with Crippen molar-refractivity contribution >= 4 is 17.7 Å². The minimum Gasteiger partial charge on any atom is -0.453 e. The van der Waals surface area contributed by atoms with E-state index in [4.69, 9.17) is 4.74 Å². The fourth-order valence-corrected chi connectivity index (χ4v) is 3.63. The summed E-state index contributed by atoms with van der Waals surface area (Å²) in [5, 5.41) is 0. The molecule has 6 nitrogen and oxygen atoms in total. The van der Waals surface area contributed by atoms with Gasteiger partial charge in [-0.15, -0.1) is 0 Å². The van der Waals surface area contributed by atoms with Gasteiger partial charge in [0.15, 0.2) is 11.9 Å². The van der Waals surface area contributed by atoms with Gasteiger partial charge in [-0.25, -0.2) is 0 Å². The molecule has 0 bridgehead atoms. The van der Waals surface area contributed by atoms with E-state index in [1.54, 1.807) is 24.0 Å². The van der Waals surface area contributed by atoms with Gasteiger partial charge in [-0.1, -0.05) is 60.2 Å². The van der Waals surface area contributed by atoms with Gasteiger partial charge in [-0.05, 0) is 19.4 Å². The lowest BCUT2D eigenvalue weighted by Crippen LogP contribution is -2.51. The second-order valence-corrected chi connectivity index (χ2v) is 8.01. The van der Waals surface area contributed by atoms with E-state index in [0.717, 1.165) is 25.2 Å². The zero-order chi connectivity index (χ0) is 22.2. The van der Waals surface area contributed by atoms with E-state index in [1.807, 2.05) is 37.3 Å². The van der Waals surface area contributed by atoms with Crippen LogP contribution in [-0.4, -0.2) is 59.7 Å². The van der Waals surface area contributed by atoms with Crippen molar-refractivity contribution in [3.8, 4) is 0 Å². The Bertz CT molecular complexity index is 887. The Balaban J connectivity index is 1.39. The number of ketones is 1. The first-order chi connectivity index (χ1) is 14.9. The van der Waals surface area contributed by atoms with Crippen molar-refractivity contribution in [3.05, 3.63) is 71.3 Å². The van der Waals surface area contributed by atoms with E-state index in [2.05, 4.69) is 17.0 Å². The highest BCUT2D eigenvalue weighted by Crippen LogP contribution is 2.12. The summed E-state index contributed by atoms with van der Waals surface area (Å²) in [6, 6.07) is 17.5. The topological polar surface area (TPSA) is 66.9 Å². The predicted octanol–water partition coefficient (Wildman–Crippen LogP) is 3.23. The molecule has 1 saturated heterocycles. The highest BCUT2D eigenvalue weighted by atomic mass is 16.5. The first-order valence-corrected chi connectivity index (χ1v) is 10.8. The summed E-state index contributed by atoms with van der Waals surface area (Å²) >= 11 is 0. The summed E-state index contributed by atoms with van der Waals surface area (Å²) in [5.74, 6) is -0.813. The van der Waals surface area contributed by atoms with E-state index in [1.165, 1.54) is 5.56 Å². The number of carbonyl (C=O) groups excluding carboxylic acids is 3. The third-order valence-corrected chi connectivity index (χ3v) is 5.52. The maximum Gasteiger partial charge on any atom is 0.307 e. The molecular formula is C25H30N2O4. The Hall–Kier alpha value is -2.99. The molecule has 1 aliphatic heterocycles. The van der Waals surface area contributed by atoms with Crippen LogP contribution in [0.5, 0.6) is 0 Å². The SMILES string of the molecule is Cc1ccc(C(=O)CCC(=O)OC(C)C(=O)N2CCN(Cc3ccccc3)CC2)cc1. The van der Waals surface area contributed by atoms with Crippen LogP contribution in [0.4, 0.5) is 0 Å². The number of piperazine rings is 1. The number of nitrogens with zero attached hydrogens (tertiary/aromatic N) is 2. The molecule has 0 aliphatic carbocycles. The molecule has 3 rings (SSSR count). The summed E-state index contributed by atoms with van der Waals surface area (Å²) in [5.41, 5.74) is 2.91. The highest BCUT2D eigenvalue weighted by Gasteiger charge is 2.27. The van der Waals surface area contributed by atoms with Crippen molar-refractivity contribution in [2.75, 3.05) is 26.2 Å². The van der Waals surface area contributed by atoms with E-state index >= 15 is 0 Å². The Morgan fingerprint density at radius 1 is 0.903 bits per heavy atom. The van der Waals surface area contributed by atoms with Crippen molar-refractivity contribution < 1.29 is 19.1 Å². The lowest BCUT2D eigenvalue weighted by molar-refractivity contribution is -0.159. The minimum atomic E-state index is -0.845. The molecule has 6 heteroatoms. The van der Waals surface area contributed by atoms with Crippen molar-refractivity contribution in [1.82, 2.24) is 9.80 Å². The third kappa shape index (κ3) is 6.76. The largest absolute Gasteiger partial charge is 0.453 e. The molecule has 0 radical (unpaired) electrons. The number of benzene rings is 2. The van der Waals surface area contributed by atoms with Crippen LogP contribution in [0.3, 0.4) is 0 Å². The van der Waals surface area contributed by atoms with Crippen LogP contribution < -0.4 is 0 Å². The van der Waals surface area contributed by atoms with E-state index < -0.39 is 12.1 Å². The summed E-state index contributed by atoms with van der Waals surface area (Å²) in [6.07, 6.45) is -0.807. The highest BCUT2D eigenvalue weighted by molar-refractivity contribution is 5.97. The lowest BCUT2D eigenvalue weighted by atomic mass is 10.1. The number of hydrogen-bond donors (Lipinski definition) is 0. The first-order valence-electron chi connectivity index (χ1n) is 10.8. The maximum atomic E-state index is 12.7. The molecule has 0 N–H and O–H groups in total. The van der Waals surface area contributed by atoms with Gasteiger partial charge in [0.2, 0.25) is 0 Å². The molecule has 1 amide bonds. The Morgan fingerprint density at radius 2 is 1.55 bits per heavy atom. The van der Waals surface area contributed by atoms with Gasteiger partial charge in [0.25, 0.3) is 5.91 Å². The molecule has 1 fully saturated rings. The van der Waals surface area contributed by atoms with Gasteiger partial charge in [-0.2, -0.15) is 0 Å². The average Bonchev–Trinajstić information content (AvgIpc) is 2.78. The van der Waals surface area contributed by atoms with Crippen LogP contribution in [0.25, 0.3) is 0 Å². The molecule has 1 unspecified atom stereocenters. The predicted molar refractivity (Wildman–Crippen MR) is 119 cm³/mol. The lowest BCUT2D eigenvalue weighted by Gasteiger charge is -2.35. The molecule has 0 aromatic heterocycles. The molecule has 1 atom stereocenters. The monoisotopic (exact) mass is 422 g/mol. The van der Waals surface area contributed by atoms with Gasteiger partial charge in [-0.3, -0.25) is 19.3 Å². The normalized spacial score (nSPS) is 15.4. The number of hydrogen-bond acceptors (Lipinski definition) is 5. The van der Waals surface area contributed by atoms with Gasteiger partial charge in [0.05, 0.1) is 6.42 Å². The average molecular weight is 423 g/mol. The van der Waals surface area contributed by atoms with Crippen molar-refractivity contribution in [1.29, 1.82) is 0 Å². The number of ether oxygens (including phenoxy) is 1. The Labute approximate surface area is 183 Å². The molecule has 0 spiro atoms. The molecule has 31 heavy (non-hydrogen) atoms. The number of aryl methyl sites for hydroxylation is 1. The standard InChI is InChI=1S/C25H30N2O4/c1-19-8-10-22(11-9-19)23(28)12-13-24(29)31-20(2)25(30)27-16-14-26(15-17-27)18-21-6-4-3-5-7-21/h3-11,20H,12-18H2,1-2H3. The van der Waals surface area contributed by atoms with E-state index in [9.17, 15) is 14.4 Å². The van der Waals surface area contributed by atoms with Gasteiger partial charge >= 0.3 is 5.97 Å². The van der Waals surface area contributed by atoms with E-state index in [-0.39, 0.29) is 24.5 Å². The first kappa shape index (κ1) is 22.7. The molecule has 0 saturated carbocycles. The van der Waals surface area contributed by atoms with Gasteiger partial charge in [0.1, 0.15) is 0 Å². The summed E-state index contributed by atoms with van der Waals surface area (Å²) in [6.45, 7) is 7.20. The quantitative estimate of drug-likeness (QED) is 0.483. The van der Waals surface area contributed by atoms with Gasteiger partial charge < -0.3 is 9.64 Å². The second-order valence-electron chi connectivity index (χ2n) is 8.01. The fourth-order valence-electron chi connectivity index (χ4n) is 3.63. The molecule has 2 aromatic carbocycles. The molecule has 2 aromatic rings. The molecule has 1 aliphatic rings. The zero-order valence-electron chi connectivity index (χ0n) is 18.3. The second kappa shape index (κ2) is 10.9. The van der Waals surface area contributed by atoms with Crippen LogP contribution in [0.2, 0.25) is 0 Å². The van der Waals surface area contributed by atoms with Crippen LogP contribution in [-0.2, 0) is 20.9 Å². The number of carbonyl (C=O) groups is 3. The third-order valence-electron chi connectivity index (χ3n) is 5.52. The minimum absolute atomic E-state index is 0.0326. The maximum absolute atomic E-state index is 12.7. The van der Waals surface area contributed by atoms with E-state index in [0.29, 0.717) is 18.7 Å². The molecular weight excluding hydrogens is 392 g/mol. The van der Waals surface area contributed by atoms with Crippen molar-refractivity contribution in [2.24, 2.45) is 0 Å². The zero-order valence-corrected chi connectivity index (χ0v) is 18.3. The van der Waals surface area contributed by atoms with Crippen LogP contribution >= 0.6 is 0 Å². The number of amides is 1. The van der Waals surface area contributed by atoms with Crippen molar-refractivity contribution in [2.45, 2.75) is 39.3 Å². The summed E-state index contributed by atoms with van der Waals surface area (Å²) < 4.78 is 5.30. The summed E-state index contributed by atoms with van der Waals surface area (Å²) in [4.78, 5) is 41.0.